The maximum absolute atomic E-state index is 13.3. The van der Waals surface area contributed by atoms with Crippen LogP contribution in [0.4, 0.5) is 5.69 Å². The van der Waals surface area contributed by atoms with Gasteiger partial charge in [0.1, 0.15) is 12.0 Å². The van der Waals surface area contributed by atoms with E-state index in [4.69, 9.17) is 4.74 Å². The Balaban J connectivity index is 2.06. The smallest absolute Gasteiger partial charge is 0.258 e. The van der Waals surface area contributed by atoms with Gasteiger partial charge in [-0.1, -0.05) is 34.1 Å². The third-order valence-electron chi connectivity index (χ3n) is 5.13. The summed E-state index contributed by atoms with van der Waals surface area (Å²) in [5.74, 6) is 0.476. The number of fused-ring (bicyclic) bond motifs is 1. The van der Waals surface area contributed by atoms with Gasteiger partial charge in [-0.25, -0.2) is 0 Å². The molecule has 0 fully saturated rings. The number of benzene rings is 2. The maximum atomic E-state index is 13.3. The molecule has 0 N–H and O–H groups in total. The number of para-hydroxylation sites is 1. The van der Waals surface area contributed by atoms with Crippen LogP contribution in [-0.2, 0) is 9.12 Å². The lowest BCUT2D eigenvalue weighted by atomic mass is 9.86. The highest BCUT2D eigenvalue weighted by Gasteiger charge is 2.39. The largest absolute Gasteiger partial charge is 0.496 e. The molecule has 0 radical (unpaired) electrons. The van der Waals surface area contributed by atoms with E-state index in [2.05, 4.69) is 15.9 Å². The zero-order valence-electron chi connectivity index (χ0n) is 15.2. The molecule has 0 aliphatic carbocycles. The van der Waals surface area contributed by atoms with Crippen LogP contribution in [0.1, 0.15) is 34.8 Å². The predicted molar refractivity (Wildman–Crippen MR) is 106 cm³/mol. The molecule has 5 heteroatoms. The van der Waals surface area contributed by atoms with Gasteiger partial charge in [-0.05, 0) is 55.7 Å². The van der Waals surface area contributed by atoms with Crippen molar-refractivity contribution in [3.05, 3.63) is 59.2 Å². The number of aldehydes is 1. The third kappa shape index (κ3) is 3.16. The van der Waals surface area contributed by atoms with Gasteiger partial charge in [-0.2, -0.15) is 0 Å². The molecule has 0 saturated heterocycles. The van der Waals surface area contributed by atoms with Crippen LogP contribution in [-0.4, -0.2) is 25.8 Å². The monoisotopic (exact) mass is 415 g/mol. The van der Waals surface area contributed by atoms with Gasteiger partial charge >= 0.3 is 0 Å². The van der Waals surface area contributed by atoms with Gasteiger partial charge in [0, 0.05) is 23.7 Å². The number of carbonyl (C=O) groups excluding carboxylic acids is 2. The van der Waals surface area contributed by atoms with Gasteiger partial charge in [0.05, 0.1) is 11.4 Å². The van der Waals surface area contributed by atoms with E-state index in [-0.39, 0.29) is 11.8 Å². The van der Waals surface area contributed by atoms with E-state index >= 15 is 0 Å². The van der Waals surface area contributed by atoms with Gasteiger partial charge in [0.25, 0.3) is 5.91 Å². The Morgan fingerprint density at radius 1 is 1.31 bits per heavy atom. The Morgan fingerprint density at radius 2 is 2.04 bits per heavy atom. The lowest BCUT2D eigenvalue weighted by molar-refractivity contribution is -0.111. The molecule has 2 unspecified atom stereocenters. The number of alkyl halides is 1. The van der Waals surface area contributed by atoms with Crippen molar-refractivity contribution in [2.45, 2.75) is 24.6 Å². The fourth-order valence-electron chi connectivity index (χ4n) is 3.56. The van der Waals surface area contributed by atoms with E-state index in [9.17, 15) is 9.59 Å². The molecule has 0 saturated carbocycles. The molecule has 3 rings (SSSR count). The summed E-state index contributed by atoms with van der Waals surface area (Å²) in [5.41, 5.74) is 3.32. The van der Waals surface area contributed by atoms with Crippen LogP contribution in [0.15, 0.2) is 42.5 Å². The molecule has 2 aromatic rings. The van der Waals surface area contributed by atoms with Crippen LogP contribution in [0.25, 0.3) is 0 Å². The number of aryl methyl sites for hydroxylation is 1. The van der Waals surface area contributed by atoms with Crippen LogP contribution in [0.2, 0.25) is 0 Å². The molecule has 1 heterocycles. The summed E-state index contributed by atoms with van der Waals surface area (Å²) in [6.07, 6.45) is 1.58. The molecule has 2 atom stereocenters. The number of halogens is 1. The van der Waals surface area contributed by atoms with E-state index in [1.807, 2.05) is 50.2 Å². The van der Waals surface area contributed by atoms with Gasteiger partial charge in [0.2, 0.25) is 0 Å². The van der Waals surface area contributed by atoms with Crippen molar-refractivity contribution in [2.75, 3.05) is 18.6 Å². The first-order valence-corrected chi connectivity index (χ1v) is 9.39. The lowest BCUT2D eigenvalue weighted by Gasteiger charge is -2.28. The highest BCUT2D eigenvalue weighted by Crippen LogP contribution is 2.46. The zero-order valence-corrected chi connectivity index (χ0v) is 16.7. The minimum Gasteiger partial charge on any atom is -0.496 e. The first-order chi connectivity index (χ1) is 12.4. The number of amides is 1. The van der Waals surface area contributed by atoms with Crippen LogP contribution < -0.4 is 9.64 Å². The standard InChI is InChI=1S/C21H22BrNO3/c1-14-12-15(8-9-19(14)26-3)20(25)23-11-10-16(13-24)21(2,22)17-6-4-5-7-18(17)23/h4-9,12-13,16H,10-11H2,1-3H3. The maximum Gasteiger partial charge on any atom is 0.258 e. The van der Waals surface area contributed by atoms with Crippen molar-refractivity contribution in [3.8, 4) is 5.75 Å². The second kappa shape index (κ2) is 7.23. The molecule has 0 aromatic heterocycles. The SMILES string of the molecule is COc1ccc(C(=O)N2CCC(C=O)C(C)(Br)c3ccccc32)cc1C. The third-order valence-corrected chi connectivity index (χ3v) is 6.15. The summed E-state index contributed by atoms with van der Waals surface area (Å²) in [7, 11) is 1.62. The zero-order chi connectivity index (χ0) is 18.9. The van der Waals surface area contributed by atoms with Gasteiger partial charge in [-0.3, -0.25) is 4.79 Å². The number of hydrogen-bond donors (Lipinski definition) is 0. The molecule has 1 amide bonds. The number of methoxy groups -OCH3 is 1. The number of ether oxygens (including phenoxy) is 1. The van der Waals surface area contributed by atoms with Crippen molar-refractivity contribution in [3.63, 3.8) is 0 Å². The summed E-state index contributed by atoms with van der Waals surface area (Å²) >= 11 is 3.75. The quantitative estimate of drug-likeness (QED) is 0.548. The Morgan fingerprint density at radius 3 is 2.69 bits per heavy atom. The predicted octanol–water partition coefficient (Wildman–Crippen LogP) is 4.48. The molecular formula is C21H22BrNO3. The molecular weight excluding hydrogens is 394 g/mol. The van der Waals surface area contributed by atoms with E-state index < -0.39 is 4.32 Å². The molecule has 136 valence electrons. The van der Waals surface area contributed by atoms with Crippen LogP contribution in [0, 0.1) is 12.8 Å². The molecule has 2 aromatic carbocycles. The van der Waals surface area contributed by atoms with Crippen molar-refractivity contribution >= 4 is 33.8 Å². The summed E-state index contributed by atoms with van der Waals surface area (Å²) in [6, 6.07) is 13.2. The van der Waals surface area contributed by atoms with E-state index in [1.165, 1.54) is 0 Å². The highest BCUT2D eigenvalue weighted by atomic mass is 79.9. The average molecular weight is 416 g/mol. The van der Waals surface area contributed by atoms with Crippen LogP contribution >= 0.6 is 15.9 Å². The van der Waals surface area contributed by atoms with E-state index in [0.29, 0.717) is 18.5 Å². The summed E-state index contributed by atoms with van der Waals surface area (Å²) in [6.45, 7) is 4.41. The first kappa shape index (κ1) is 18.6. The van der Waals surface area contributed by atoms with E-state index in [1.54, 1.807) is 18.1 Å². The normalized spacial score (nSPS) is 22.3. The molecule has 0 spiro atoms. The number of rotatable bonds is 3. The number of anilines is 1. The summed E-state index contributed by atoms with van der Waals surface area (Å²) in [5, 5.41) is 0. The molecule has 26 heavy (non-hydrogen) atoms. The average Bonchev–Trinajstić information content (AvgIpc) is 2.75. The van der Waals surface area contributed by atoms with Crippen LogP contribution in [0.5, 0.6) is 5.75 Å². The van der Waals surface area contributed by atoms with Crippen molar-refractivity contribution in [1.82, 2.24) is 0 Å². The van der Waals surface area contributed by atoms with Crippen LogP contribution in [0.3, 0.4) is 0 Å². The van der Waals surface area contributed by atoms with Gasteiger partial charge in [-0.15, -0.1) is 0 Å². The van der Waals surface area contributed by atoms with Gasteiger partial charge in [0.15, 0.2) is 0 Å². The molecule has 0 bridgehead atoms. The fourth-order valence-corrected chi connectivity index (χ4v) is 4.23. The first-order valence-electron chi connectivity index (χ1n) is 8.60. The molecule has 1 aliphatic rings. The Hall–Kier alpha value is -2.14. The minimum atomic E-state index is -0.504. The van der Waals surface area contributed by atoms with Crippen molar-refractivity contribution in [1.29, 1.82) is 0 Å². The second-order valence-corrected chi connectivity index (χ2v) is 8.41. The topological polar surface area (TPSA) is 46.6 Å². The Kier molecular flexibility index (Phi) is 5.19. The number of hydrogen-bond acceptors (Lipinski definition) is 3. The summed E-state index contributed by atoms with van der Waals surface area (Å²) < 4.78 is 4.78. The fraction of sp³-hybridized carbons (Fsp3) is 0.333. The summed E-state index contributed by atoms with van der Waals surface area (Å²) in [4.78, 5) is 26.7. The molecule has 1 aliphatic heterocycles. The Bertz CT molecular complexity index is 847. The van der Waals surface area contributed by atoms with Gasteiger partial charge < -0.3 is 14.4 Å². The number of nitrogens with zero attached hydrogens (tertiary/aromatic N) is 1. The van der Waals surface area contributed by atoms with Crippen molar-refractivity contribution in [2.24, 2.45) is 5.92 Å². The Labute approximate surface area is 162 Å². The van der Waals surface area contributed by atoms with Crippen molar-refractivity contribution < 1.29 is 14.3 Å². The second-order valence-electron chi connectivity index (χ2n) is 6.77. The van der Waals surface area contributed by atoms with E-state index in [0.717, 1.165) is 28.8 Å². The lowest BCUT2D eigenvalue weighted by Crippen LogP contribution is -2.32. The minimum absolute atomic E-state index is 0.0712. The highest BCUT2D eigenvalue weighted by molar-refractivity contribution is 9.09. The number of carbonyl (C=O) groups is 2. The molecule has 4 nitrogen and oxygen atoms in total.